The number of benzene rings is 2. The SMILES string of the molecule is CCc1ccc(CCOc2ccc(CC3SC(=O)N(Cc4ccccc4)C3=O)cc2)nc1. The van der Waals surface area contributed by atoms with E-state index in [1.54, 1.807) is 0 Å². The lowest BCUT2D eigenvalue weighted by atomic mass is 10.1. The van der Waals surface area contributed by atoms with Gasteiger partial charge < -0.3 is 4.74 Å². The lowest BCUT2D eigenvalue weighted by molar-refractivity contribution is -0.127. The molecule has 6 heteroatoms. The molecular formula is C26H26N2O3S. The second-order valence-electron chi connectivity index (χ2n) is 7.74. The second-order valence-corrected chi connectivity index (χ2v) is 8.89. The van der Waals surface area contributed by atoms with Gasteiger partial charge in [-0.15, -0.1) is 0 Å². The van der Waals surface area contributed by atoms with Crippen LogP contribution in [0, 0.1) is 0 Å². The fourth-order valence-corrected chi connectivity index (χ4v) is 4.59. The van der Waals surface area contributed by atoms with E-state index in [9.17, 15) is 9.59 Å². The van der Waals surface area contributed by atoms with Crippen molar-refractivity contribution in [1.82, 2.24) is 9.88 Å². The Labute approximate surface area is 192 Å². The lowest BCUT2D eigenvalue weighted by Crippen LogP contribution is -2.31. The molecule has 0 spiro atoms. The molecule has 1 atom stereocenters. The van der Waals surface area contributed by atoms with E-state index in [1.165, 1.54) is 10.5 Å². The maximum absolute atomic E-state index is 12.8. The van der Waals surface area contributed by atoms with E-state index in [1.807, 2.05) is 66.9 Å². The standard InChI is InChI=1S/C26H26N2O3S/c1-2-19-8-11-22(27-17-19)14-15-31-23-12-9-20(10-13-23)16-24-25(29)28(26(30)32-24)18-21-6-4-3-5-7-21/h3-13,17,24H,2,14-16,18H2,1H3. The zero-order valence-corrected chi connectivity index (χ0v) is 18.9. The highest BCUT2D eigenvalue weighted by atomic mass is 32.2. The molecule has 1 fully saturated rings. The van der Waals surface area contributed by atoms with Crippen molar-refractivity contribution in [2.75, 3.05) is 6.61 Å². The van der Waals surface area contributed by atoms with Gasteiger partial charge in [0.2, 0.25) is 5.91 Å². The largest absolute Gasteiger partial charge is 0.493 e. The summed E-state index contributed by atoms with van der Waals surface area (Å²) in [5, 5.41) is -0.556. The fraction of sp³-hybridized carbons (Fsp3) is 0.269. The molecule has 32 heavy (non-hydrogen) atoms. The third kappa shape index (κ3) is 5.56. The number of hydrogen-bond acceptors (Lipinski definition) is 5. The molecule has 2 amide bonds. The monoisotopic (exact) mass is 446 g/mol. The van der Waals surface area contributed by atoms with Gasteiger partial charge in [0.25, 0.3) is 5.24 Å². The van der Waals surface area contributed by atoms with Crippen molar-refractivity contribution in [2.24, 2.45) is 0 Å². The first-order chi connectivity index (χ1) is 15.6. The molecule has 1 aliphatic heterocycles. The molecule has 164 valence electrons. The van der Waals surface area contributed by atoms with Crippen molar-refractivity contribution in [1.29, 1.82) is 0 Å². The summed E-state index contributed by atoms with van der Waals surface area (Å²) in [6.45, 7) is 2.99. The van der Waals surface area contributed by atoms with Crippen molar-refractivity contribution in [3.63, 3.8) is 0 Å². The Balaban J connectivity index is 1.27. The number of aryl methyl sites for hydroxylation is 1. The van der Waals surface area contributed by atoms with Gasteiger partial charge in [-0.05, 0) is 47.7 Å². The third-order valence-corrected chi connectivity index (χ3v) is 6.53. The molecule has 0 bridgehead atoms. The summed E-state index contributed by atoms with van der Waals surface area (Å²) in [4.78, 5) is 30.9. The van der Waals surface area contributed by atoms with Gasteiger partial charge in [-0.25, -0.2) is 0 Å². The zero-order chi connectivity index (χ0) is 22.3. The van der Waals surface area contributed by atoms with Crippen molar-refractivity contribution in [2.45, 2.75) is 38.0 Å². The van der Waals surface area contributed by atoms with Crippen LogP contribution in [0.1, 0.15) is 29.3 Å². The number of pyridine rings is 1. The van der Waals surface area contributed by atoms with Crippen LogP contribution in [0.4, 0.5) is 4.79 Å². The number of thioether (sulfide) groups is 1. The van der Waals surface area contributed by atoms with E-state index in [0.717, 1.165) is 47.2 Å². The van der Waals surface area contributed by atoms with Crippen LogP contribution in [0.3, 0.4) is 0 Å². The smallest absolute Gasteiger partial charge is 0.289 e. The minimum atomic E-state index is -0.379. The maximum atomic E-state index is 12.8. The molecule has 4 rings (SSSR count). The quantitative estimate of drug-likeness (QED) is 0.459. The minimum Gasteiger partial charge on any atom is -0.493 e. The summed E-state index contributed by atoms with van der Waals surface area (Å²) in [5.74, 6) is 0.664. The molecule has 1 unspecified atom stereocenters. The lowest BCUT2D eigenvalue weighted by Gasteiger charge is -2.14. The Hall–Kier alpha value is -3.12. The number of rotatable bonds is 9. The van der Waals surface area contributed by atoms with E-state index in [2.05, 4.69) is 18.0 Å². The Morgan fingerprint density at radius 2 is 1.69 bits per heavy atom. The molecular weight excluding hydrogens is 420 g/mol. The Morgan fingerprint density at radius 3 is 2.38 bits per heavy atom. The molecule has 1 aliphatic rings. The minimum absolute atomic E-state index is 0.120. The van der Waals surface area contributed by atoms with Gasteiger partial charge in [0.15, 0.2) is 0 Å². The Morgan fingerprint density at radius 1 is 0.938 bits per heavy atom. The Bertz CT molecular complexity index is 1050. The molecule has 5 nitrogen and oxygen atoms in total. The predicted octanol–water partition coefficient (Wildman–Crippen LogP) is 5.07. The first-order valence-electron chi connectivity index (χ1n) is 10.8. The number of ether oxygens (including phenoxy) is 1. The van der Waals surface area contributed by atoms with Crippen LogP contribution >= 0.6 is 11.8 Å². The van der Waals surface area contributed by atoms with Crippen molar-refractivity contribution < 1.29 is 14.3 Å². The summed E-state index contributed by atoms with van der Waals surface area (Å²) >= 11 is 1.11. The number of carbonyl (C=O) groups is 2. The van der Waals surface area contributed by atoms with Gasteiger partial charge >= 0.3 is 0 Å². The highest BCUT2D eigenvalue weighted by molar-refractivity contribution is 8.15. The average Bonchev–Trinajstić information content (AvgIpc) is 3.08. The molecule has 1 aromatic heterocycles. The first-order valence-corrected chi connectivity index (χ1v) is 11.7. The van der Waals surface area contributed by atoms with Crippen LogP contribution in [0.25, 0.3) is 0 Å². The second kappa shape index (κ2) is 10.5. The number of hydrogen-bond donors (Lipinski definition) is 0. The summed E-state index contributed by atoms with van der Waals surface area (Å²) in [6, 6.07) is 21.5. The molecule has 0 radical (unpaired) electrons. The summed E-state index contributed by atoms with van der Waals surface area (Å²) in [6.07, 6.45) is 4.17. The van der Waals surface area contributed by atoms with Crippen molar-refractivity contribution in [3.8, 4) is 5.75 Å². The third-order valence-electron chi connectivity index (χ3n) is 5.45. The predicted molar refractivity (Wildman–Crippen MR) is 127 cm³/mol. The summed E-state index contributed by atoms with van der Waals surface area (Å²) in [5.41, 5.74) is 4.21. The van der Waals surface area contributed by atoms with Crippen molar-refractivity contribution in [3.05, 3.63) is 95.3 Å². The molecule has 0 aliphatic carbocycles. The zero-order valence-electron chi connectivity index (χ0n) is 18.1. The number of aromatic nitrogens is 1. The van der Waals surface area contributed by atoms with Gasteiger partial charge in [-0.1, -0.05) is 67.2 Å². The molecule has 3 aromatic rings. The topological polar surface area (TPSA) is 59.5 Å². The first kappa shape index (κ1) is 22.1. The van der Waals surface area contributed by atoms with Gasteiger partial charge in [-0.2, -0.15) is 0 Å². The Kier molecular flexibility index (Phi) is 7.22. The van der Waals surface area contributed by atoms with Crippen LogP contribution in [-0.2, 0) is 30.6 Å². The summed E-state index contributed by atoms with van der Waals surface area (Å²) < 4.78 is 5.84. The summed E-state index contributed by atoms with van der Waals surface area (Å²) in [7, 11) is 0. The van der Waals surface area contributed by atoms with E-state index in [-0.39, 0.29) is 16.4 Å². The van der Waals surface area contributed by atoms with Gasteiger partial charge in [0.1, 0.15) is 5.75 Å². The molecule has 1 saturated heterocycles. The van der Waals surface area contributed by atoms with Gasteiger partial charge in [0.05, 0.1) is 18.4 Å². The van der Waals surface area contributed by atoms with Gasteiger partial charge in [0, 0.05) is 18.3 Å². The number of carbonyl (C=O) groups excluding carboxylic acids is 2. The maximum Gasteiger partial charge on any atom is 0.289 e. The van der Waals surface area contributed by atoms with E-state index >= 15 is 0 Å². The fourth-order valence-electron chi connectivity index (χ4n) is 3.56. The van der Waals surface area contributed by atoms with Crippen molar-refractivity contribution >= 4 is 22.9 Å². The molecule has 0 saturated carbocycles. The van der Waals surface area contributed by atoms with E-state index in [0.29, 0.717) is 19.6 Å². The van der Waals surface area contributed by atoms with E-state index < -0.39 is 0 Å². The molecule has 0 N–H and O–H groups in total. The normalized spacial score (nSPS) is 15.9. The van der Waals surface area contributed by atoms with Crippen LogP contribution in [-0.4, -0.2) is 32.9 Å². The molecule has 2 aromatic carbocycles. The van der Waals surface area contributed by atoms with Crippen LogP contribution < -0.4 is 4.74 Å². The van der Waals surface area contributed by atoms with Crippen LogP contribution in [0.2, 0.25) is 0 Å². The van der Waals surface area contributed by atoms with Crippen LogP contribution in [0.15, 0.2) is 72.9 Å². The van der Waals surface area contributed by atoms with E-state index in [4.69, 9.17) is 4.74 Å². The highest BCUT2D eigenvalue weighted by Gasteiger charge is 2.39. The molecule has 2 heterocycles. The number of nitrogens with zero attached hydrogens (tertiary/aromatic N) is 2. The highest BCUT2D eigenvalue weighted by Crippen LogP contribution is 2.31. The number of imide groups is 1. The van der Waals surface area contributed by atoms with Gasteiger partial charge in [-0.3, -0.25) is 19.5 Å². The average molecular weight is 447 g/mol. The van der Waals surface area contributed by atoms with Crippen LogP contribution in [0.5, 0.6) is 5.75 Å². The number of amides is 2.